The Bertz CT molecular complexity index is 409. The quantitative estimate of drug-likeness (QED) is 0.826. The molecule has 0 heterocycles. The lowest BCUT2D eigenvalue weighted by atomic mass is 10.1. The predicted octanol–water partition coefficient (Wildman–Crippen LogP) is 2.90. The van der Waals surface area contributed by atoms with Gasteiger partial charge in [0.25, 0.3) is 0 Å². The fourth-order valence-corrected chi connectivity index (χ4v) is 2.23. The second-order valence-electron chi connectivity index (χ2n) is 4.55. The Morgan fingerprint density at radius 3 is 2.88 bits per heavy atom. The number of ether oxygens (including phenoxy) is 1. The second kappa shape index (κ2) is 4.71. The van der Waals surface area contributed by atoms with E-state index in [-0.39, 0.29) is 0 Å². The highest BCUT2D eigenvalue weighted by Crippen LogP contribution is 2.29. The highest BCUT2D eigenvalue weighted by molar-refractivity contribution is 5.61. The molecule has 16 heavy (non-hydrogen) atoms. The molecule has 0 aliphatic heterocycles. The summed E-state index contributed by atoms with van der Waals surface area (Å²) in [5.41, 5.74) is 9.78. The van der Waals surface area contributed by atoms with Crippen molar-refractivity contribution in [2.45, 2.75) is 32.2 Å². The molecular weight excluding hydrogens is 198 g/mol. The summed E-state index contributed by atoms with van der Waals surface area (Å²) < 4.78 is 5.36. The maximum absolute atomic E-state index is 5.91. The van der Waals surface area contributed by atoms with Gasteiger partial charge in [0.05, 0.1) is 7.11 Å². The van der Waals surface area contributed by atoms with E-state index in [4.69, 9.17) is 10.5 Å². The first-order chi connectivity index (χ1) is 7.69. The van der Waals surface area contributed by atoms with Crippen molar-refractivity contribution in [1.29, 1.82) is 0 Å². The Morgan fingerprint density at radius 1 is 1.44 bits per heavy atom. The summed E-state index contributed by atoms with van der Waals surface area (Å²) >= 11 is 0. The van der Waals surface area contributed by atoms with Gasteiger partial charge in [-0.3, -0.25) is 0 Å². The Morgan fingerprint density at radius 2 is 2.25 bits per heavy atom. The molecule has 2 nitrogen and oxygen atoms in total. The third-order valence-corrected chi connectivity index (χ3v) is 3.11. The fraction of sp³-hybridized carbons (Fsp3) is 0.429. The van der Waals surface area contributed by atoms with Gasteiger partial charge in [0.15, 0.2) is 0 Å². The van der Waals surface area contributed by atoms with Crippen molar-refractivity contribution >= 4 is 6.08 Å². The van der Waals surface area contributed by atoms with E-state index in [9.17, 15) is 0 Å². The number of hydrogen-bond donors (Lipinski definition) is 1. The van der Waals surface area contributed by atoms with Crippen LogP contribution in [0.15, 0.2) is 23.8 Å². The number of rotatable bonds is 2. The van der Waals surface area contributed by atoms with Gasteiger partial charge in [0.2, 0.25) is 0 Å². The van der Waals surface area contributed by atoms with Gasteiger partial charge < -0.3 is 10.5 Å². The van der Waals surface area contributed by atoms with E-state index >= 15 is 0 Å². The molecule has 2 heteroatoms. The average Bonchev–Trinajstić information content (AvgIpc) is 2.64. The van der Waals surface area contributed by atoms with Crippen molar-refractivity contribution in [3.63, 3.8) is 0 Å². The Hall–Kier alpha value is -1.28. The molecule has 1 atom stereocenters. The first kappa shape index (κ1) is 11.2. The number of hydrogen-bond acceptors (Lipinski definition) is 2. The van der Waals surface area contributed by atoms with Gasteiger partial charge >= 0.3 is 0 Å². The normalized spacial score (nSPS) is 22.7. The molecule has 0 spiro atoms. The van der Waals surface area contributed by atoms with Crippen LogP contribution in [0.4, 0.5) is 0 Å². The third kappa shape index (κ3) is 2.45. The molecule has 0 radical (unpaired) electrons. The molecule has 1 aliphatic carbocycles. The second-order valence-corrected chi connectivity index (χ2v) is 4.55. The Labute approximate surface area is 97.1 Å². The monoisotopic (exact) mass is 217 g/mol. The lowest BCUT2D eigenvalue weighted by molar-refractivity contribution is 0.413. The summed E-state index contributed by atoms with van der Waals surface area (Å²) in [7, 11) is 1.72. The van der Waals surface area contributed by atoms with Crippen molar-refractivity contribution in [3.05, 3.63) is 34.9 Å². The minimum absolute atomic E-state index is 0.349. The van der Waals surface area contributed by atoms with Crippen LogP contribution in [-0.2, 0) is 0 Å². The van der Waals surface area contributed by atoms with Crippen LogP contribution in [0, 0.1) is 6.92 Å². The highest BCUT2D eigenvalue weighted by Gasteiger charge is 2.15. The first-order valence-corrected chi connectivity index (χ1v) is 5.78. The molecular formula is C14H19NO. The molecule has 2 N–H and O–H groups in total. The summed E-state index contributed by atoms with van der Waals surface area (Å²) in [6.45, 7) is 2.10. The van der Waals surface area contributed by atoms with E-state index in [1.54, 1.807) is 7.11 Å². The van der Waals surface area contributed by atoms with Gasteiger partial charge in [-0.25, -0.2) is 0 Å². The van der Waals surface area contributed by atoms with Crippen LogP contribution in [0.3, 0.4) is 0 Å². The summed E-state index contributed by atoms with van der Waals surface area (Å²) in [6.07, 6.45) is 5.49. The SMILES string of the molecule is COc1ccc(C)cc1C=C1CCC(N)C1. The average molecular weight is 217 g/mol. The minimum Gasteiger partial charge on any atom is -0.496 e. The lowest BCUT2D eigenvalue weighted by Crippen LogP contribution is -2.13. The highest BCUT2D eigenvalue weighted by atomic mass is 16.5. The topological polar surface area (TPSA) is 35.2 Å². The van der Waals surface area contributed by atoms with Gasteiger partial charge in [-0.2, -0.15) is 0 Å². The van der Waals surface area contributed by atoms with Gasteiger partial charge in [0.1, 0.15) is 5.75 Å². The zero-order valence-electron chi connectivity index (χ0n) is 9.99. The maximum Gasteiger partial charge on any atom is 0.126 e. The van der Waals surface area contributed by atoms with Gasteiger partial charge in [-0.15, -0.1) is 0 Å². The number of nitrogens with two attached hydrogens (primary N) is 1. The Kier molecular flexibility index (Phi) is 3.30. The summed E-state index contributed by atoms with van der Waals surface area (Å²) in [6, 6.07) is 6.61. The van der Waals surface area contributed by atoms with Crippen LogP contribution < -0.4 is 10.5 Å². The van der Waals surface area contributed by atoms with Crippen LogP contribution >= 0.6 is 0 Å². The van der Waals surface area contributed by atoms with Crippen molar-refractivity contribution in [2.75, 3.05) is 7.11 Å². The number of benzene rings is 1. The van der Waals surface area contributed by atoms with Crippen LogP contribution in [-0.4, -0.2) is 13.2 Å². The van der Waals surface area contributed by atoms with Crippen LogP contribution in [0.2, 0.25) is 0 Å². The Balaban J connectivity index is 2.29. The van der Waals surface area contributed by atoms with Gasteiger partial charge in [-0.1, -0.05) is 23.3 Å². The van der Waals surface area contributed by atoms with E-state index in [1.807, 2.05) is 6.07 Å². The molecule has 1 aromatic carbocycles. The van der Waals surface area contributed by atoms with Crippen molar-refractivity contribution in [1.82, 2.24) is 0 Å². The van der Waals surface area contributed by atoms with Gasteiger partial charge in [0, 0.05) is 11.6 Å². The molecule has 1 fully saturated rings. The standard InChI is InChI=1S/C14H19NO/c1-10-3-6-14(16-2)12(7-10)8-11-4-5-13(15)9-11/h3,6-8,13H,4-5,9,15H2,1-2H3. The molecule has 0 saturated heterocycles. The minimum atomic E-state index is 0.349. The molecule has 2 rings (SSSR count). The zero-order chi connectivity index (χ0) is 11.5. The van der Waals surface area contributed by atoms with E-state index in [2.05, 4.69) is 25.1 Å². The molecule has 1 unspecified atom stereocenters. The molecule has 1 aromatic rings. The fourth-order valence-electron chi connectivity index (χ4n) is 2.23. The smallest absolute Gasteiger partial charge is 0.126 e. The molecule has 1 saturated carbocycles. The van der Waals surface area contributed by atoms with Crippen molar-refractivity contribution < 1.29 is 4.74 Å². The zero-order valence-corrected chi connectivity index (χ0v) is 9.99. The van der Waals surface area contributed by atoms with Crippen LogP contribution in [0.1, 0.15) is 30.4 Å². The molecule has 1 aliphatic rings. The number of methoxy groups -OCH3 is 1. The summed E-state index contributed by atoms with van der Waals surface area (Å²) in [4.78, 5) is 0. The number of aryl methyl sites for hydroxylation is 1. The van der Waals surface area contributed by atoms with Crippen molar-refractivity contribution in [2.24, 2.45) is 5.73 Å². The van der Waals surface area contributed by atoms with E-state index < -0.39 is 0 Å². The van der Waals surface area contributed by atoms with Crippen LogP contribution in [0.5, 0.6) is 5.75 Å². The first-order valence-electron chi connectivity index (χ1n) is 5.78. The molecule has 86 valence electrons. The largest absolute Gasteiger partial charge is 0.496 e. The third-order valence-electron chi connectivity index (χ3n) is 3.11. The molecule has 0 amide bonds. The van der Waals surface area contributed by atoms with Crippen LogP contribution in [0.25, 0.3) is 6.08 Å². The van der Waals surface area contributed by atoms with Gasteiger partial charge in [-0.05, 0) is 38.3 Å². The predicted molar refractivity (Wildman–Crippen MR) is 67.5 cm³/mol. The molecule has 0 aromatic heterocycles. The summed E-state index contributed by atoms with van der Waals surface area (Å²) in [5.74, 6) is 0.943. The summed E-state index contributed by atoms with van der Waals surface area (Å²) in [5, 5.41) is 0. The van der Waals surface area contributed by atoms with E-state index in [0.717, 1.165) is 25.0 Å². The van der Waals surface area contributed by atoms with E-state index in [1.165, 1.54) is 16.7 Å². The maximum atomic E-state index is 5.91. The molecule has 0 bridgehead atoms. The van der Waals surface area contributed by atoms with Crippen molar-refractivity contribution in [3.8, 4) is 5.75 Å². The van der Waals surface area contributed by atoms with E-state index in [0.29, 0.717) is 6.04 Å². The lowest BCUT2D eigenvalue weighted by Gasteiger charge is -2.07.